The number of likely N-dealkylation sites (tertiary alicyclic amines) is 2. The van der Waals surface area contributed by atoms with Crippen molar-refractivity contribution in [3.63, 3.8) is 0 Å². The summed E-state index contributed by atoms with van der Waals surface area (Å²) in [4.78, 5) is 34.1. The maximum Gasteiger partial charge on any atom is 0.229 e. The van der Waals surface area contributed by atoms with E-state index in [0.717, 1.165) is 80.0 Å². The molecule has 0 aliphatic carbocycles. The summed E-state index contributed by atoms with van der Waals surface area (Å²) in [5, 5.41) is 0. The minimum Gasteiger partial charge on any atom is -0.493 e. The number of nitrogens with one attached hydrogen (secondary N) is 1. The van der Waals surface area contributed by atoms with Gasteiger partial charge in [-0.1, -0.05) is 24.3 Å². The molecule has 0 radical (unpaired) electrons. The van der Waals surface area contributed by atoms with Gasteiger partial charge in [0.15, 0.2) is 11.5 Å². The molecular weight excluding hydrogens is 659 g/mol. The Bertz CT molecular complexity index is 1910. The third kappa shape index (κ3) is 7.55. The third-order valence-electron chi connectivity index (χ3n) is 10.8. The van der Waals surface area contributed by atoms with Gasteiger partial charge in [-0.05, 0) is 104 Å². The average Bonchev–Trinajstić information content (AvgIpc) is 3.75. The van der Waals surface area contributed by atoms with Crippen LogP contribution in [0, 0.1) is 11.2 Å². The van der Waals surface area contributed by atoms with Crippen molar-refractivity contribution >= 4 is 22.9 Å². The second-order valence-corrected chi connectivity index (χ2v) is 14.0. The number of halogens is 1. The van der Waals surface area contributed by atoms with E-state index in [1.807, 2.05) is 59.8 Å². The lowest BCUT2D eigenvalue weighted by molar-refractivity contribution is -0.137. The SMILES string of the molecule is COc1cc(CN2CCC(CCN3CCC(N(Cc4ccncc4)c4nc5ccccc5[nH]4)CC3)(Cc3ccc(F)cc3)C2=O)cc(OC)c1OC. The summed E-state index contributed by atoms with van der Waals surface area (Å²) >= 11 is 0. The van der Waals surface area contributed by atoms with Gasteiger partial charge in [0, 0.05) is 51.2 Å². The van der Waals surface area contributed by atoms with Gasteiger partial charge < -0.3 is 33.9 Å². The molecule has 5 aromatic rings. The smallest absolute Gasteiger partial charge is 0.229 e. The van der Waals surface area contributed by atoms with E-state index in [1.165, 1.54) is 17.7 Å². The van der Waals surface area contributed by atoms with Gasteiger partial charge in [0.1, 0.15) is 5.82 Å². The number of carbonyl (C=O) groups excluding carboxylic acids is 1. The zero-order valence-electron chi connectivity index (χ0n) is 30.2. The lowest BCUT2D eigenvalue weighted by atomic mass is 9.77. The summed E-state index contributed by atoms with van der Waals surface area (Å²) < 4.78 is 30.6. The number of nitrogens with zero attached hydrogens (tertiary/aromatic N) is 5. The Morgan fingerprint density at radius 2 is 1.60 bits per heavy atom. The first-order valence-corrected chi connectivity index (χ1v) is 18.0. The van der Waals surface area contributed by atoms with Crippen LogP contribution in [0.1, 0.15) is 42.4 Å². The van der Waals surface area contributed by atoms with E-state index in [2.05, 4.69) is 38.0 Å². The van der Waals surface area contributed by atoms with Gasteiger partial charge >= 0.3 is 0 Å². The van der Waals surface area contributed by atoms with Gasteiger partial charge in [0.2, 0.25) is 17.6 Å². The summed E-state index contributed by atoms with van der Waals surface area (Å²) in [5.41, 5.74) is 4.47. The summed E-state index contributed by atoms with van der Waals surface area (Å²) in [5.74, 6) is 2.39. The number of para-hydroxylation sites is 2. The maximum atomic E-state index is 14.5. The molecule has 11 heteroatoms. The number of carbonyl (C=O) groups is 1. The van der Waals surface area contributed by atoms with Crippen LogP contribution in [0.2, 0.25) is 0 Å². The number of hydrogen-bond donors (Lipinski definition) is 1. The van der Waals surface area contributed by atoms with Crippen LogP contribution in [0.4, 0.5) is 10.3 Å². The molecule has 272 valence electrons. The molecule has 2 fully saturated rings. The van der Waals surface area contributed by atoms with Crippen molar-refractivity contribution in [3.05, 3.63) is 108 Å². The van der Waals surface area contributed by atoms with Crippen LogP contribution in [0.5, 0.6) is 17.2 Å². The molecule has 7 rings (SSSR count). The number of aromatic nitrogens is 3. The van der Waals surface area contributed by atoms with E-state index in [9.17, 15) is 9.18 Å². The Balaban J connectivity index is 1.06. The number of ether oxygens (including phenoxy) is 3. The number of imidazole rings is 1. The van der Waals surface area contributed by atoms with Crippen LogP contribution in [-0.2, 0) is 24.3 Å². The molecule has 1 amide bonds. The molecule has 1 unspecified atom stereocenters. The minimum absolute atomic E-state index is 0.133. The number of pyridine rings is 1. The summed E-state index contributed by atoms with van der Waals surface area (Å²) in [6, 6.07) is 23.0. The summed E-state index contributed by atoms with van der Waals surface area (Å²) in [7, 11) is 4.77. The number of methoxy groups -OCH3 is 3. The zero-order chi connectivity index (χ0) is 36.1. The predicted octanol–water partition coefficient (Wildman–Crippen LogP) is 6.65. The van der Waals surface area contributed by atoms with Crippen LogP contribution in [0.25, 0.3) is 11.0 Å². The first-order chi connectivity index (χ1) is 25.4. The Kier molecular flexibility index (Phi) is 10.6. The van der Waals surface area contributed by atoms with Gasteiger partial charge in [-0.3, -0.25) is 9.78 Å². The highest BCUT2D eigenvalue weighted by molar-refractivity contribution is 5.85. The molecule has 4 heterocycles. The highest BCUT2D eigenvalue weighted by Crippen LogP contribution is 2.42. The fourth-order valence-electron chi connectivity index (χ4n) is 7.93. The number of amides is 1. The molecule has 2 aliphatic rings. The van der Waals surface area contributed by atoms with Crippen LogP contribution in [-0.4, -0.2) is 84.2 Å². The molecule has 0 bridgehead atoms. The molecule has 52 heavy (non-hydrogen) atoms. The largest absolute Gasteiger partial charge is 0.493 e. The second-order valence-electron chi connectivity index (χ2n) is 14.0. The van der Waals surface area contributed by atoms with E-state index in [0.29, 0.717) is 42.8 Å². The molecule has 2 aromatic heterocycles. The van der Waals surface area contributed by atoms with E-state index in [-0.39, 0.29) is 11.7 Å². The van der Waals surface area contributed by atoms with Crippen molar-refractivity contribution in [3.8, 4) is 17.2 Å². The molecule has 1 N–H and O–H groups in total. The quantitative estimate of drug-likeness (QED) is 0.137. The zero-order valence-corrected chi connectivity index (χ0v) is 30.2. The molecule has 2 saturated heterocycles. The fourth-order valence-corrected chi connectivity index (χ4v) is 7.93. The molecule has 0 saturated carbocycles. The Hall–Kier alpha value is -5.16. The van der Waals surface area contributed by atoms with Gasteiger partial charge in [-0.15, -0.1) is 0 Å². The van der Waals surface area contributed by atoms with Crippen molar-refractivity contribution in [2.75, 3.05) is 52.4 Å². The van der Waals surface area contributed by atoms with Crippen molar-refractivity contribution in [2.45, 2.75) is 51.2 Å². The molecular formula is C41H47FN6O4. The number of fused-ring (bicyclic) bond motifs is 1. The number of H-pyrrole nitrogens is 1. The number of hydrogen-bond acceptors (Lipinski definition) is 8. The minimum atomic E-state index is -0.586. The molecule has 2 aliphatic heterocycles. The maximum absolute atomic E-state index is 14.5. The first-order valence-electron chi connectivity index (χ1n) is 18.0. The lowest BCUT2D eigenvalue weighted by Gasteiger charge is -2.39. The van der Waals surface area contributed by atoms with E-state index in [4.69, 9.17) is 19.2 Å². The molecule has 10 nitrogen and oxygen atoms in total. The number of anilines is 1. The van der Waals surface area contributed by atoms with Crippen molar-refractivity contribution < 1.29 is 23.4 Å². The fraction of sp³-hybridized carbons (Fsp3) is 0.390. The van der Waals surface area contributed by atoms with E-state index >= 15 is 0 Å². The normalized spacial score (nSPS) is 18.2. The molecule has 3 aromatic carbocycles. The van der Waals surface area contributed by atoms with Gasteiger partial charge in [-0.2, -0.15) is 0 Å². The summed E-state index contributed by atoms with van der Waals surface area (Å²) in [6.45, 7) is 4.47. The van der Waals surface area contributed by atoms with Gasteiger partial charge in [0.25, 0.3) is 0 Å². The van der Waals surface area contributed by atoms with Crippen molar-refractivity contribution in [2.24, 2.45) is 5.41 Å². The highest BCUT2D eigenvalue weighted by Gasteiger charge is 2.46. The third-order valence-corrected chi connectivity index (χ3v) is 10.8. The number of benzene rings is 3. The van der Waals surface area contributed by atoms with Crippen molar-refractivity contribution in [1.29, 1.82) is 0 Å². The summed E-state index contributed by atoms with van der Waals surface area (Å²) in [6.07, 6.45) is 7.67. The Morgan fingerprint density at radius 1 is 0.885 bits per heavy atom. The first kappa shape index (κ1) is 35.3. The highest BCUT2D eigenvalue weighted by atomic mass is 19.1. The van der Waals surface area contributed by atoms with Crippen molar-refractivity contribution in [1.82, 2.24) is 24.8 Å². The molecule has 0 spiro atoms. The predicted molar refractivity (Wildman–Crippen MR) is 199 cm³/mol. The Morgan fingerprint density at radius 3 is 2.27 bits per heavy atom. The topological polar surface area (TPSA) is 96.1 Å². The molecule has 1 atom stereocenters. The Labute approximate surface area is 304 Å². The van der Waals surface area contributed by atoms with Crippen LogP contribution >= 0.6 is 0 Å². The van der Waals surface area contributed by atoms with Crippen LogP contribution in [0.3, 0.4) is 0 Å². The number of rotatable bonds is 14. The van der Waals surface area contributed by atoms with E-state index in [1.54, 1.807) is 21.3 Å². The van der Waals surface area contributed by atoms with Gasteiger partial charge in [0.05, 0.1) is 37.8 Å². The monoisotopic (exact) mass is 706 g/mol. The second kappa shape index (κ2) is 15.6. The van der Waals surface area contributed by atoms with Crippen LogP contribution in [0.15, 0.2) is 85.2 Å². The lowest BCUT2D eigenvalue weighted by Crippen LogP contribution is -2.46. The number of piperidine rings is 1. The van der Waals surface area contributed by atoms with Crippen LogP contribution < -0.4 is 19.1 Å². The van der Waals surface area contributed by atoms with Gasteiger partial charge in [-0.25, -0.2) is 9.37 Å². The standard InChI is InChI=1S/C41H47FN6O4/c1-50-36-24-31(25-37(51-2)38(36)52-3)27-47-23-17-41(39(47)49,26-29-8-10-32(42)11-9-29)16-22-46-20-14-33(15-21-46)48(28-30-12-18-43-19-13-30)40-44-34-6-4-5-7-35(34)45-40/h4-13,18-19,24-25,33H,14-17,20-23,26-28H2,1-3H3,(H,44,45). The van der Waals surface area contributed by atoms with E-state index < -0.39 is 5.41 Å². The number of aromatic amines is 1. The average molecular weight is 707 g/mol.